The summed E-state index contributed by atoms with van der Waals surface area (Å²) in [5, 5.41) is 2.50. The van der Waals surface area contributed by atoms with E-state index in [9.17, 15) is 17.8 Å². The molecule has 0 heterocycles. The van der Waals surface area contributed by atoms with E-state index in [1.165, 1.54) is 0 Å². The van der Waals surface area contributed by atoms with Crippen molar-refractivity contribution in [1.29, 1.82) is 0 Å². The number of hydrogen-bond donors (Lipinski definition) is 1. The Bertz CT molecular complexity index is 335. The van der Waals surface area contributed by atoms with E-state index in [1.807, 2.05) is 0 Å². The van der Waals surface area contributed by atoms with Crippen LogP contribution in [-0.4, -0.2) is 30.2 Å². The van der Waals surface area contributed by atoms with Crippen LogP contribution in [0.15, 0.2) is 12.7 Å². The first-order valence-corrected chi connectivity index (χ1v) is 6.24. The molecule has 0 aromatic carbocycles. The van der Waals surface area contributed by atoms with E-state index in [0.717, 1.165) is 6.08 Å². The van der Waals surface area contributed by atoms with Crippen LogP contribution < -0.4 is 34.9 Å². The summed E-state index contributed by atoms with van der Waals surface area (Å²) in [5.41, 5.74) is -0.980. The molecule has 1 N–H and O–H groups in total. The maximum absolute atomic E-state index is 11.1. The second-order valence-electron chi connectivity index (χ2n) is 3.38. The number of carbonyl (C=O) groups excluding carboxylic acids is 1. The van der Waals surface area contributed by atoms with Crippen LogP contribution in [0.4, 0.5) is 0 Å². The standard InChI is InChI=1S/C9H17NO4S.Na/c1-4-8(11)10-9(5-2,6-3)7-15(12,13)14;/h4H,1,5-7H2,2-3H3,(H,10,11)(H,12,13,14);/q;+1/p-1. The molecule has 0 aromatic heterocycles. The quantitative estimate of drug-likeness (QED) is 0.321. The van der Waals surface area contributed by atoms with Gasteiger partial charge in [-0.25, -0.2) is 8.42 Å². The van der Waals surface area contributed by atoms with Crippen molar-refractivity contribution in [2.24, 2.45) is 0 Å². The Morgan fingerprint density at radius 1 is 1.44 bits per heavy atom. The number of amides is 1. The van der Waals surface area contributed by atoms with Gasteiger partial charge in [0.05, 0.1) is 21.4 Å². The third-order valence-corrected chi connectivity index (χ3v) is 3.29. The van der Waals surface area contributed by atoms with Gasteiger partial charge in [0.1, 0.15) is 0 Å². The van der Waals surface area contributed by atoms with Gasteiger partial charge in [0.2, 0.25) is 5.91 Å². The van der Waals surface area contributed by atoms with Crippen LogP contribution in [0, 0.1) is 0 Å². The zero-order valence-corrected chi connectivity index (χ0v) is 12.8. The van der Waals surface area contributed by atoms with Gasteiger partial charge in [-0.3, -0.25) is 4.79 Å². The largest absolute Gasteiger partial charge is 1.00 e. The molecule has 0 atom stereocenters. The van der Waals surface area contributed by atoms with Crippen LogP contribution in [-0.2, 0) is 14.9 Å². The molecule has 0 unspecified atom stereocenters. The minimum absolute atomic E-state index is 0. The summed E-state index contributed by atoms with van der Waals surface area (Å²) < 4.78 is 32.1. The fraction of sp³-hybridized carbons (Fsp3) is 0.667. The van der Waals surface area contributed by atoms with Gasteiger partial charge in [0, 0.05) is 0 Å². The third-order valence-electron chi connectivity index (χ3n) is 2.38. The van der Waals surface area contributed by atoms with Crippen molar-refractivity contribution in [1.82, 2.24) is 5.32 Å². The van der Waals surface area contributed by atoms with Crippen LogP contribution in [0.2, 0.25) is 0 Å². The zero-order valence-electron chi connectivity index (χ0n) is 9.95. The van der Waals surface area contributed by atoms with E-state index in [1.54, 1.807) is 13.8 Å². The molecule has 16 heavy (non-hydrogen) atoms. The van der Waals surface area contributed by atoms with E-state index in [2.05, 4.69) is 11.9 Å². The molecule has 0 aliphatic carbocycles. The summed E-state index contributed by atoms with van der Waals surface area (Å²) in [7, 11) is -4.36. The third kappa shape index (κ3) is 6.65. The SMILES string of the molecule is C=CC(=O)NC(CC)(CC)CS(=O)(=O)[O-].[Na+]. The monoisotopic (exact) mass is 257 g/mol. The topological polar surface area (TPSA) is 86.3 Å². The summed E-state index contributed by atoms with van der Waals surface area (Å²) in [5.74, 6) is -1.06. The normalized spacial score (nSPS) is 11.4. The Hall–Kier alpha value is 0.120. The first-order valence-electron chi connectivity index (χ1n) is 4.66. The Labute approximate surface area is 119 Å². The van der Waals surface area contributed by atoms with E-state index < -0.39 is 27.3 Å². The van der Waals surface area contributed by atoms with Crippen molar-refractivity contribution in [3.05, 3.63) is 12.7 Å². The fourth-order valence-electron chi connectivity index (χ4n) is 1.32. The van der Waals surface area contributed by atoms with Gasteiger partial charge in [-0.15, -0.1) is 0 Å². The molecule has 7 heteroatoms. The summed E-state index contributed by atoms with van der Waals surface area (Å²) in [6.45, 7) is 6.71. The van der Waals surface area contributed by atoms with E-state index in [0.29, 0.717) is 12.8 Å². The molecule has 0 saturated heterocycles. The maximum atomic E-state index is 11.1. The zero-order chi connectivity index (χ0) is 12.1. The summed E-state index contributed by atoms with van der Waals surface area (Å²) in [4.78, 5) is 11.1. The van der Waals surface area contributed by atoms with Crippen molar-refractivity contribution in [3.63, 3.8) is 0 Å². The number of rotatable bonds is 6. The van der Waals surface area contributed by atoms with Gasteiger partial charge in [0.15, 0.2) is 0 Å². The van der Waals surface area contributed by atoms with Crippen LogP contribution in [0.25, 0.3) is 0 Å². The van der Waals surface area contributed by atoms with Crippen molar-refractivity contribution in [3.8, 4) is 0 Å². The first-order chi connectivity index (χ1) is 6.78. The van der Waals surface area contributed by atoms with E-state index in [-0.39, 0.29) is 29.6 Å². The summed E-state index contributed by atoms with van der Waals surface area (Å²) in [6.07, 6.45) is 1.81. The molecule has 0 fully saturated rings. The average molecular weight is 257 g/mol. The molecule has 0 aliphatic heterocycles. The smallest absolute Gasteiger partial charge is 0.748 e. The Kier molecular flexibility index (Phi) is 8.60. The van der Waals surface area contributed by atoms with Gasteiger partial charge < -0.3 is 9.87 Å². The van der Waals surface area contributed by atoms with Gasteiger partial charge in [0.25, 0.3) is 0 Å². The molecule has 0 bridgehead atoms. The van der Waals surface area contributed by atoms with Crippen molar-refractivity contribution < 1.29 is 47.3 Å². The number of hydrogen-bond acceptors (Lipinski definition) is 4. The molecule has 0 spiro atoms. The molecule has 0 aromatic rings. The van der Waals surface area contributed by atoms with Crippen LogP contribution in [0.3, 0.4) is 0 Å². The number of carbonyl (C=O) groups is 1. The Balaban J connectivity index is 0. The van der Waals surface area contributed by atoms with Crippen molar-refractivity contribution in [2.75, 3.05) is 5.75 Å². The van der Waals surface area contributed by atoms with E-state index in [4.69, 9.17) is 0 Å². The Morgan fingerprint density at radius 2 is 1.88 bits per heavy atom. The molecule has 1 amide bonds. The van der Waals surface area contributed by atoms with Crippen LogP contribution in [0.5, 0.6) is 0 Å². The Morgan fingerprint density at radius 3 is 2.12 bits per heavy atom. The minimum atomic E-state index is -4.36. The molecule has 88 valence electrons. The molecule has 0 radical (unpaired) electrons. The van der Waals surface area contributed by atoms with Crippen LogP contribution in [0.1, 0.15) is 26.7 Å². The average Bonchev–Trinajstić information content (AvgIpc) is 2.14. The maximum Gasteiger partial charge on any atom is 1.00 e. The molecule has 5 nitrogen and oxygen atoms in total. The molecule has 0 aliphatic rings. The second kappa shape index (κ2) is 7.45. The van der Waals surface area contributed by atoms with Gasteiger partial charge in [-0.2, -0.15) is 0 Å². The van der Waals surface area contributed by atoms with Crippen molar-refractivity contribution in [2.45, 2.75) is 32.2 Å². The molecular weight excluding hydrogens is 241 g/mol. The predicted molar refractivity (Wildman–Crippen MR) is 56.2 cm³/mol. The minimum Gasteiger partial charge on any atom is -0.748 e. The van der Waals surface area contributed by atoms with Gasteiger partial charge in [-0.1, -0.05) is 20.4 Å². The second-order valence-corrected chi connectivity index (χ2v) is 4.79. The summed E-state index contributed by atoms with van der Waals surface area (Å²) >= 11 is 0. The van der Waals surface area contributed by atoms with Crippen molar-refractivity contribution >= 4 is 16.0 Å². The number of nitrogens with one attached hydrogen (secondary N) is 1. The first kappa shape index (κ1) is 18.5. The molecule has 0 saturated carbocycles. The summed E-state index contributed by atoms with van der Waals surface area (Å²) in [6, 6.07) is 0. The van der Waals surface area contributed by atoms with Gasteiger partial charge in [-0.05, 0) is 18.9 Å². The van der Waals surface area contributed by atoms with Crippen LogP contribution >= 0.6 is 0 Å². The molecular formula is C9H16NNaO4S. The predicted octanol–water partition coefficient (Wildman–Crippen LogP) is -2.60. The fourth-order valence-corrected chi connectivity index (χ4v) is 2.47. The molecule has 0 rings (SSSR count). The van der Waals surface area contributed by atoms with Gasteiger partial charge >= 0.3 is 29.6 Å². The van der Waals surface area contributed by atoms with E-state index >= 15 is 0 Å².